The first-order chi connectivity index (χ1) is 10.5. The van der Waals surface area contributed by atoms with E-state index in [0.717, 1.165) is 16.9 Å². The quantitative estimate of drug-likeness (QED) is 0.782. The van der Waals surface area contributed by atoms with Gasteiger partial charge in [-0.1, -0.05) is 37.1 Å². The van der Waals surface area contributed by atoms with Gasteiger partial charge in [0.05, 0.1) is 0 Å². The highest BCUT2D eigenvalue weighted by molar-refractivity contribution is 6.30. The van der Waals surface area contributed by atoms with Gasteiger partial charge in [-0.25, -0.2) is 4.79 Å². The maximum Gasteiger partial charge on any atom is 0.325 e. The molecule has 118 valence electrons. The third-order valence-electron chi connectivity index (χ3n) is 3.36. The largest absolute Gasteiger partial charge is 0.350 e. The highest BCUT2D eigenvalue weighted by Gasteiger charge is 2.38. The zero-order valence-corrected chi connectivity index (χ0v) is 13.0. The second-order valence-corrected chi connectivity index (χ2v) is 5.56. The number of carbonyl (C=O) groups is 3. The number of urea groups is 1. The van der Waals surface area contributed by atoms with E-state index in [-0.39, 0.29) is 18.4 Å². The van der Waals surface area contributed by atoms with Crippen LogP contribution >= 0.6 is 11.6 Å². The third-order valence-corrected chi connectivity index (χ3v) is 3.60. The minimum absolute atomic E-state index is 0.272. The molecule has 1 heterocycles. The topological polar surface area (TPSA) is 78.5 Å². The summed E-state index contributed by atoms with van der Waals surface area (Å²) in [5.41, 5.74) is 0.849. The molecule has 0 spiro atoms. The lowest BCUT2D eigenvalue weighted by molar-refractivity contribution is -0.132. The fourth-order valence-electron chi connectivity index (χ4n) is 2.26. The molecule has 0 aliphatic carbocycles. The molecule has 1 aliphatic rings. The first-order valence-electron chi connectivity index (χ1n) is 7.14. The van der Waals surface area contributed by atoms with Crippen LogP contribution in [0.5, 0.6) is 0 Å². The van der Waals surface area contributed by atoms with Crippen molar-refractivity contribution < 1.29 is 14.4 Å². The van der Waals surface area contributed by atoms with Gasteiger partial charge < -0.3 is 10.6 Å². The maximum absolute atomic E-state index is 12.0. The molecule has 7 heteroatoms. The van der Waals surface area contributed by atoms with Gasteiger partial charge >= 0.3 is 6.03 Å². The van der Waals surface area contributed by atoms with Gasteiger partial charge in [-0.05, 0) is 24.1 Å². The molecular weight excluding hydrogens is 306 g/mol. The molecule has 4 amide bonds. The zero-order valence-electron chi connectivity index (χ0n) is 12.3. The van der Waals surface area contributed by atoms with Gasteiger partial charge in [0.2, 0.25) is 5.91 Å². The van der Waals surface area contributed by atoms with Crippen LogP contribution in [0.25, 0.3) is 0 Å². The molecule has 1 atom stereocenters. The number of nitrogens with one attached hydrogen (secondary N) is 2. The summed E-state index contributed by atoms with van der Waals surface area (Å²) in [7, 11) is 0. The average Bonchev–Trinajstić information content (AvgIpc) is 2.73. The number of hydrogen-bond donors (Lipinski definition) is 2. The molecule has 1 unspecified atom stereocenters. The van der Waals surface area contributed by atoms with Crippen LogP contribution in [0.15, 0.2) is 24.3 Å². The van der Waals surface area contributed by atoms with Crippen LogP contribution in [0.1, 0.15) is 25.3 Å². The number of hydrogen-bond acceptors (Lipinski definition) is 3. The number of rotatable bonds is 6. The monoisotopic (exact) mass is 323 g/mol. The average molecular weight is 324 g/mol. The highest BCUT2D eigenvalue weighted by Crippen LogP contribution is 2.12. The smallest absolute Gasteiger partial charge is 0.325 e. The van der Waals surface area contributed by atoms with E-state index < -0.39 is 12.1 Å². The molecule has 22 heavy (non-hydrogen) atoms. The summed E-state index contributed by atoms with van der Waals surface area (Å²) in [6.45, 7) is 1.95. The van der Waals surface area contributed by atoms with E-state index >= 15 is 0 Å². The molecule has 1 aromatic carbocycles. The van der Waals surface area contributed by atoms with Gasteiger partial charge in [-0.15, -0.1) is 0 Å². The van der Waals surface area contributed by atoms with E-state index in [1.807, 2.05) is 13.0 Å². The Hall–Kier alpha value is -2.08. The van der Waals surface area contributed by atoms with Crippen LogP contribution in [0.2, 0.25) is 5.02 Å². The van der Waals surface area contributed by atoms with Crippen LogP contribution in [0.4, 0.5) is 4.79 Å². The Balaban J connectivity index is 1.87. The van der Waals surface area contributed by atoms with Crippen LogP contribution in [-0.2, 0) is 16.1 Å². The predicted molar refractivity (Wildman–Crippen MR) is 82.2 cm³/mol. The van der Waals surface area contributed by atoms with Gasteiger partial charge in [0.15, 0.2) is 0 Å². The van der Waals surface area contributed by atoms with Crippen LogP contribution in [-0.4, -0.2) is 35.3 Å². The van der Waals surface area contributed by atoms with E-state index in [1.165, 1.54) is 0 Å². The minimum atomic E-state index is -0.516. The normalized spacial score (nSPS) is 17.5. The Morgan fingerprint density at radius 3 is 2.86 bits per heavy atom. The summed E-state index contributed by atoms with van der Waals surface area (Å²) in [6, 6.07) is 6.08. The standard InChI is InChI=1S/C15H18ClN3O3/c1-2-4-12-14(21)19(15(22)18-12)9-13(20)17-8-10-5-3-6-11(16)7-10/h3,5-7,12H,2,4,8-9H2,1H3,(H,17,20)(H,18,22). The molecule has 0 aromatic heterocycles. The molecule has 0 radical (unpaired) electrons. The minimum Gasteiger partial charge on any atom is -0.350 e. The lowest BCUT2D eigenvalue weighted by Crippen LogP contribution is -2.41. The Kier molecular flexibility index (Phi) is 5.38. The Labute approximate surface area is 133 Å². The molecule has 1 aliphatic heterocycles. The summed E-state index contributed by atoms with van der Waals surface area (Å²) >= 11 is 5.86. The van der Waals surface area contributed by atoms with Gasteiger partial charge in [0, 0.05) is 11.6 Å². The van der Waals surface area contributed by atoms with E-state index in [1.54, 1.807) is 18.2 Å². The zero-order chi connectivity index (χ0) is 16.1. The number of halogens is 1. The second-order valence-electron chi connectivity index (χ2n) is 5.12. The van der Waals surface area contributed by atoms with Crippen molar-refractivity contribution in [2.75, 3.05) is 6.54 Å². The molecule has 1 fully saturated rings. The molecule has 1 aromatic rings. The molecule has 0 saturated carbocycles. The van der Waals surface area contributed by atoms with Crippen LogP contribution < -0.4 is 10.6 Å². The van der Waals surface area contributed by atoms with Crippen molar-refractivity contribution in [3.8, 4) is 0 Å². The Bertz CT molecular complexity index is 591. The van der Waals surface area contributed by atoms with Gasteiger partial charge in [0.25, 0.3) is 5.91 Å². The van der Waals surface area contributed by atoms with Crippen molar-refractivity contribution in [2.45, 2.75) is 32.4 Å². The molecule has 2 N–H and O–H groups in total. The number of carbonyl (C=O) groups excluding carboxylic acids is 3. The number of benzene rings is 1. The fraction of sp³-hybridized carbons (Fsp3) is 0.400. The first kappa shape index (κ1) is 16.3. The van der Waals surface area contributed by atoms with Crippen molar-refractivity contribution in [2.24, 2.45) is 0 Å². The van der Waals surface area contributed by atoms with Crippen molar-refractivity contribution in [1.82, 2.24) is 15.5 Å². The summed E-state index contributed by atoms with van der Waals surface area (Å²) in [6.07, 6.45) is 1.36. The van der Waals surface area contributed by atoms with Crippen molar-refractivity contribution in [1.29, 1.82) is 0 Å². The molecular formula is C15H18ClN3O3. The SMILES string of the molecule is CCCC1NC(=O)N(CC(=O)NCc2cccc(Cl)c2)C1=O. The van der Waals surface area contributed by atoms with E-state index in [4.69, 9.17) is 11.6 Å². The van der Waals surface area contributed by atoms with E-state index in [0.29, 0.717) is 18.0 Å². The highest BCUT2D eigenvalue weighted by atomic mass is 35.5. The summed E-state index contributed by atoms with van der Waals surface area (Å²) in [5.74, 6) is -0.731. The van der Waals surface area contributed by atoms with Crippen molar-refractivity contribution in [3.05, 3.63) is 34.9 Å². The molecule has 2 rings (SSSR count). The Morgan fingerprint density at radius 1 is 1.41 bits per heavy atom. The lowest BCUT2D eigenvalue weighted by atomic mass is 10.2. The molecule has 6 nitrogen and oxygen atoms in total. The maximum atomic E-state index is 12.0. The number of imide groups is 1. The number of nitrogens with zero attached hydrogens (tertiary/aromatic N) is 1. The fourth-order valence-corrected chi connectivity index (χ4v) is 2.47. The third kappa shape index (κ3) is 3.98. The summed E-state index contributed by atoms with van der Waals surface area (Å²) < 4.78 is 0. The second kappa shape index (κ2) is 7.26. The summed E-state index contributed by atoms with van der Waals surface area (Å²) in [5, 5.41) is 5.84. The summed E-state index contributed by atoms with van der Waals surface area (Å²) in [4.78, 5) is 36.6. The van der Waals surface area contributed by atoms with Gasteiger partial charge in [-0.2, -0.15) is 0 Å². The van der Waals surface area contributed by atoms with Gasteiger partial charge in [0.1, 0.15) is 12.6 Å². The first-order valence-corrected chi connectivity index (χ1v) is 7.52. The van der Waals surface area contributed by atoms with Crippen molar-refractivity contribution >= 4 is 29.4 Å². The Morgan fingerprint density at radius 2 is 2.18 bits per heavy atom. The van der Waals surface area contributed by atoms with E-state index in [9.17, 15) is 14.4 Å². The predicted octanol–water partition coefficient (Wildman–Crippen LogP) is 1.68. The number of amides is 4. The van der Waals surface area contributed by atoms with Gasteiger partial charge in [-0.3, -0.25) is 14.5 Å². The van der Waals surface area contributed by atoms with E-state index in [2.05, 4.69) is 10.6 Å². The van der Waals surface area contributed by atoms with Crippen molar-refractivity contribution in [3.63, 3.8) is 0 Å². The molecule has 0 bridgehead atoms. The van der Waals surface area contributed by atoms with Crippen LogP contribution in [0, 0.1) is 0 Å². The lowest BCUT2D eigenvalue weighted by Gasteiger charge is -2.13. The molecule has 1 saturated heterocycles. The van der Waals surface area contributed by atoms with Crippen LogP contribution in [0.3, 0.4) is 0 Å².